The van der Waals surface area contributed by atoms with Gasteiger partial charge in [0.25, 0.3) is 5.91 Å². The van der Waals surface area contributed by atoms with Crippen LogP contribution in [0, 0.1) is 19.8 Å². The van der Waals surface area contributed by atoms with Crippen LogP contribution in [0.15, 0.2) is 16.8 Å². The summed E-state index contributed by atoms with van der Waals surface area (Å²) in [7, 11) is 1.91. The minimum absolute atomic E-state index is 0.000162. The second-order valence-electron chi connectivity index (χ2n) is 6.31. The molecule has 3 atom stereocenters. The molecule has 1 aliphatic carbocycles. The average Bonchev–Trinajstić information content (AvgIpc) is 3.18. The summed E-state index contributed by atoms with van der Waals surface area (Å²) in [5, 5.41) is 16.9. The summed E-state index contributed by atoms with van der Waals surface area (Å²) in [5.74, 6) is 1.14. The van der Waals surface area contributed by atoms with E-state index >= 15 is 0 Å². The van der Waals surface area contributed by atoms with E-state index in [-0.39, 0.29) is 17.7 Å². The first-order valence-electron chi connectivity index (χ1n) is 7.84. The highest BCUT2D eigenvalue weighted by Crippen LogP contribution is 2.37. The molecular weight excluding hydrogens is 296 g/mol. The van der Waals surface area contributed by atoms with Gasteiger partial charge in [0.05, 0.1) is 11.7 Å². The Morgan fingerprint density at radius 3 is 2.87 bits per heavy atom. The van der Waals surface area contributed by atoms with Crippen molar-refractivity contribution in [3.05, 3.63) is 35.2 Å². The number of aromatic nitrogens is 3. The van der Waals surface area contributed by atoms with Gasteiger partial charge in [-0.1, -0.05) is 5.16 Å². The molecule has 7 heteroatoms. The van der Waals surface area contributed by atoms with Crippen LogP contribution in [-0.2, 0) is 7.05 Å². The number of aliphatic hydroxyl groups excluding tert-OH is 1. The first-order valence-corrected chi connectivity index (χ1v) is 7.84. The Bertz CT molecular complexity index is 706. The Balaban J connectivity index is 1.58. The Kier molecular flexibility index (Phi) is 4.21. The van der Waals surface area contributed by atoms with Gasteiger partial charge in [-0.2, -0.15) is 4.98 Å². The van der Waals surface area contributed by atoms with Crippen LogP contribution in [0.4, 0.5) is 0 Å². The van der Waals surface area contributed by atoms with Crippen molar-refractivity contribution in [2.75, 3.05) is 6.54 Å². The second kappa shape index (κ2) is 6.16. The maximum absolute atomic E-state index is 12.3. The number of carbonyl (C=O) groups excluding carboxylic acids is 1. The molecule has 2 heterocycles. The summed E-state index contributed by atoms with van der Waals surface area (Å²) in [4.78, 5) is 16.5. The fraction of sp³-hybridized carbons (Fsp3) is 0.562. The number of hydrogen-bond donors (Lipinski definition) is 2. The molecule has 0 radical (unpaired) electrons. The third kappa shape index (κ3) is 3.14. The van der Waals surface area contributed by atoms with Crippen molar-refractivity contribution in [1.82, 2.24) is 20.0 Å². The Hall–Kier alpha value is -2.15. The van der Waals surface area contributed by atoms with Crippen LogP contribution < -0.4 is 5.32 Å². The zero-order valence-electron chi connectivity index (χ0n) is 13.6. The third-order valence-electron chi connectivity index (χ3n) is 4.70. The van der Waals surface area contributed by atoms with E-state index in [4.69, 9.17) is 4.52 Å². The van der Waals surface area contributed by atoms with Crippen molar-refractivity contribution in [1.29, 1.82) is 0 Å². The van der Waals surface area contributed by atoms with E-state index in [0.717, 1.165) is 12.1 Å². The maximum Gasteiger partial charge on any atom is 0.253 e. The van der Waals surface area contributed by atoms with Crippen LogP contribution in [-0.4, -0.2) is 38.4 Å². The van der Waals surface area contributed by atoms with Crippen molar-refractivity contribution in [2.45, 2.75) is 38.7 Å². The monoisotopic (exact) mass is 318 g/mol. The molecule has 1 fully saturated rings. The van der Waals surface area contributed by atoms with E-state index in [1.54, 1.807) is 13.0 Å². The van der Waals surface area contributed by atoms with Crippen LogP contribution in [0.2, 0.25) is 0 Å². The minimum atomic E-state index is -0.468. The number of aryl methyl sites for hydroxylation is 2. The topological polar surface area (TPSA) is 93.2 Å². The standard InChI is InChI=1S/C16H22N4O3/c1-9-13(4-5-20(9)3)15(22)17-8-12-6-11(7-14(12)21)16-18-10(2)19-23-16/h4-5,11-12,14,21H,6-8H2,1-3H3,(H,17,22)/t11-,12+,14+/m0/s1. The van der Waals surface area contributed by atoms with Gasteiger partial charge in [0, 0.05) is 37.3 Å². The molecule has 2 aromatic rings. The average molecular weight is 318 g/mol. The molecule has 1 amide bonds. The lowest BCUT2D eigenvalue weighted by atomic mass is 10.0. The molecule has 0 saturated heterocycles. The molecule has 1 aliphatic rings. The highest BCUT2D eigenvalue weighted by molar-refractivity contribution is 5.95. The lowest BCUT2D eigenvalue weighted by molar-refractivity contribution is 0.0916. The predicted molar refractivity (Wildman–Crippen MR) is 83.0 cm³/mol. The largest absolute Gasteiger partial charge is 0.393 e. The normalized spacial score (nSPS) is 24.1. The number of amides is 1. The molecule has 2 N–H and O–H groups in total. The summed E-state index contributed by atoms with van der Waals surface area (Å²) in [6.07, 6.45) is 2.72. The maximum atomic E-state index is 12.3. The molecular formula is C16H22N4O3. The molecule has 0 bridgehead atoms. The molecule has 0 unspecified atom stereocenters. The van der Waals surface area contributed by atoms with Gasteiger partial charge in [0.1, 0.15) is 0 Å². The molecule has 23 heavy (non-hydrogen) atoms. The van der Waals surface area contributed by atoms with E-state index < -0.39 is 6.10 Å². The van der Waals surface area contributed by atoms with Gasteiger partial charge in [-0.15, -0.1) is 0 Å². The van der Waals surface area contributed by atoms with E-state index in [9.17, 15) is 9.90 Å². The molecule has 7 nitrogen and oxygen atoms in total. The second-order valence-corrected chi connectivity index (χ2v) is 6.31. The SMILES string of the molecule is Cc1noc([C@H]2C[C@H](CNC(=O)c3ccn(C)c3C)[C@H](O)C2)n1. The summed E-state index contributed by atoms with van der Waals surface area (Å²) >= 11 is 0. The Morgan fingerprint density at radius 2 is 2.26 bits per heavy atom. The molecule has 0 aromatic carbocycles. The van der Waals surface area contributed by atoms with Crippen molar-refractivity contribution in [2.24, 2.45) is 13.0 Å². The van der Waals surface area contributed by atoms with E-state index in [2.05, 4.69) is 15.5 Å². The fourth-order valence-corrected chi connectivity index (χ4v) is 3.17. The minimum Gasteiger partial charge on any atom is -0.393 e. The Labute approximate surface area is 134 Å². The van der Waals surface area contributed by atoms with Crippen LogP contribution in [0.25, 0.3) is 0 Å². The van der Waals surface area contributed by atoms with Crippen LogP contribution in [0.1, 0.15) is 46.5 Å². The summed E-state index contributed by atoms with van der Waals surface area (Å²) < 4.78 is 7.11. The molecule has 0 spiro atoms. The Morgan fingerprint density at radius 1 is 1.48 bits per heavy atom. The first-order chi connectivity index (χ1) is 11.0. The van der Waals surface area contributed by atoms with Crippen molar-refractivity contribution < 1.29 is 14.4 Å². The molecule has 1 saturated carbocycles. The third-order valence-corrected chi connectivity index (χ3v) is 4.70. The van der Waals surface area contributed by atoms with E-state index in [1.165, 1.54) is 0 Å². The van der Waals surface area contributed by atoms with Gasteiger partial charge >= 0.3 is 0 Å². The zero-order chi connectivity index (χ0) is 16.6. The number of nitrogens with one attached hydrogen (secondary N) is 1. The summed E-state index contributed by atoms with van der Waals surface area (Å²) in [5.41, 5.74) is 1.60. The molecule has 0 aliphatic heterocycles. The molecule has 2 aromatic heterocycles. The van der Waals surface area contributed by atoms with Crippen LogP contribution in [0.5, 0.6) is 0 Å². The van der Waals surface area contributed by atoms with Gasteiger partial charge in [-0.05, 0) is 32.8 Å². The highest BCUT2D eigenvalue weighted by Gasteiger charge is 2.36. The smallest absolute Gasteiger partial charge is 0.253 e. The van der Waals surface area contributed by atoms with E-state index in [1.807, 2.05) is 24.7 Å². The number of carbonyl (C=O) groups is 1. The van der Waals surface area contributed by atoms with Gasteiger partial charge in [0.2, 0.25) is 5.89 Å². The zero-order valence-corrected chi connectivity index (χ0v) is 13.6. The number of nitrogens with zero attached hydrogens (tertiary/aromatic N) is 3. The molecule has 3 rings (SSSR count). The van der Waals surface area contributed by atoms with Gasteiger partial charge in [0.15, 0.2) is 5.82 Å². The van der Waals surface area contributed by atoms with Gasteiger partial charge < -0.3 is 19.5 Å². The quantitative estimate of drug-likeness (QED) is 0.886. The van der Waals surface area contributed by atoms with Crippen LogP contribution >= 0.6 is 0 Å². The van der Waals surface area contributed by atoms with Gasteiger partial charge in [-0.3, -0.25) is 4.79 Å². The number of aliphatic hydroxyl groups is 1. The summed E-state index contributed by atoms with van der Waals surface area (Å²) in [6.45, 7) is 4.13. The van der Waals surface area contributed by atoms with Crippen molar-refractivity contribution in [3.63, 3.8) is 0 Å². The summed E-state index contributed by atoms with van der Waals surface area (Å²) in [6, 6.07) is 1.81. The van der Waals surface area contributed by atoms with Crippen LogP contribution in [0.3, 0.4) is 0 Å². The first kappa shape index (κ1) is 15.7. The molecule has 124 valence electrons. The number of rotatable bonds is 4. The highest BCUT2D eigenvalue weighted by atomic mass is 16.5. The van der Waals surface area contributed by atoms with Gasteiger partial charge in [-0.25, -0.2) is 0 Å². The van der Waals surface area contributed by atoms with Crippen molar-refractivity contribution in [3.8, 4) is 0 Å². The lowest BCUT2D eigenvalue weighted by Gasteiger charge is -2.15. The predicted octanol–water partition coefficient (Wildman–Crippen LogP) is 1.31. The van der Waals surface area contributed by atoms with Crippen molar-refractivity contribution >= 4 is 5.91 Å². The number of hydrogen-bond acceptors (Lipinski definition) is 5. The lowest BCUT2D eigenvalue weighted by Crippen LogP contribution is -2.32. The van der Waals surface area contributed by atoms with E-state index in [0.29, 0.717) is 30.2 Å². The fourth-order valence-electron chi connectivity index (χ4n) is 3.17.